The summed E-state index contributed by atoms with van der Waals surface area (Å²) in [5.74, 6) is 0. The fraction of sp³-hybridized carbons (Fsp3) is 0.600. The van der Waals surface area contributed by atoms with E-state index in [-0.39, 0.29) is 0 Å². The minimum Gasteiger partial charge on any atom is -0.444 e. The maximum atomic E-state index is 12.0. The number of carbonyl (C=O) groups is 1. The van der Waals surface area contributed by atoms with E-state index in [9.17, 15) is 4.79 Å². The number of benzene rings is 1. The van der Waals surface area contributed by atoms with Gasteiger partial charge in [-0.25, -0.2) is 4.79 Å². The van der Waals surface area contributed by atoms with Gasteiger partial charge in [0.15, 0.2) is 0 Å². The Kier molecular flexibility index (Phi) is 7.25. The number of amides is 1. The monoisotopic (exact) mass is 376 g/mol. The van der Waals surface area contributed by atoms with E-state index >= 15 is 0 Å². The highest BCUT2D eigenvalue weighted by atomic mass is 16.6. The first-order valence-electron chi connectivity index (χ1n) is 9.06. The molecular weight excluding hydrogens is 343 g/mol. The van der Waals surface area contributed by atoms with Gasteiger partial charge in [0, 0.05) is 18.4 Å². The molecule has 6 nitrogen and oxygen atoms in total. The largest absolute Gasteiger partial charge is 0.444 e. The first-order chi connectivity index (χ1) is 12.2. The summed E-state index contributed by atoms with van der Waals surface area (Å²) in [5, 5.41) is 10.7. The second-order valence-corrected chi connectivity index (χ2v) is 8.65. The van der Waals surface area contributed by atoms with E-state index in [1.54, 1.807) is 40.9 Å². The molecule has 1 aromatic rings. The molecule has 0 fully saturated rings. The standard InChI is InChI=1S/C20H33BN2O4/c1-13(22)15-12-14(21-27-20(7,8)19(5,6)25-9)10-11-16(15)23-17(24)26-18(2,3)4/h10-12,21-22H,1-9H3,(H,23,24). The minimum atomic E-state index is -0.586. The fourth-order valence-electron chi connectivity index (χ4n) is 2.20. The maximum absolute atomic E-state index is 12.0. The van der Waals surface area contributed by atoms with Crippen molar-refractivity contribution in [1.29, 1.82) is 5.41 Å². The van der Waals surface area contributed by atoms with E-state index < -0.39 is 22.9 Å². The predicted octanol–water partition coefficient (Wildman–Crippen LogP) is 3.62. The van der Waals surface area contributed by atoms with Gasteiger partial charge in [-0.15, -0.1) is 0 Å². The number of hydrogen-bond donors (Lipinski definition) is 2. The number of carbonyl (C=O) groups excluding carboxylic acids is 1. The van der Waals surface area contributed by atoms with Crippen LogP contribution in [0.3, 0.4) is 0 Å². The van der Waals surface area contributed by atoms with Gasteiger partial charge in [-0.3, -0.25) is 5.32 Å². The van der Waals surface area contributed by atoms with Crippen molar-refractivity contribution >= 4 is 30.4 Å². The molecule has 0 spiro atoms. The molecule has 0 aromatic heterocycles. The zero-order valence-electron chi connectivity index (χ0n) is 18.1. The molecule has 1 aromatic carbocycles. The Morgan fingerprint density at radius 1 is 1.07 bits per heavy atom. The predicted molar refractivity (Wildman–Crippen MR) is 112 cm³/mol. The third-order valence-electron chi connectivity index (χ3n) is 4.68. The van der Waals surface area contributed by atoms with Gasteiger partial charge in [0.2, 0.25) is 0 Å². The van der Waals surface area contributed by atoms with Gasteiger partial charge in [0.1, 0.15) is 5.60 Å². The molecule has 0 aliphatic heterocycles. The summed E-state index contributed by atoms with van der Waals surface area (Å²) < 4.78 is 16.9. The van der Waals surface area contributed by atoms with Crippen molar-refractivity contribution in [3.8, 4) is 0 Å². The summed E-state index contributed by atoms with van der Waals surface area (Å²) in [4.78, 5) is 12.0. The second kappa shape index (κ2) is 8.44. The lowest BCUT2D eigenvalue weighted by molar-refractivity contribution is -0.114. The molecule has 0 atom stereocenters. The number of nitrogens with one attached hydrogen (secondary N) is 2. The number of hydrogen-bond acceptors (Lipinski definition) is 5. The van der Waals surface area contributed by atoms with Gasteiger partial charge in [0.25, 0.3) is 0 Å². The van der Waals surface area contributed by atoms with Crippen molar-refractivity contribution in [2.24, 2.45) is 0 Å². The molecule has 0 heterocycles. The molecule has 2 N–H and O–H groups in total. The summed E-state index contributed by atoms with van der Waals surface area (Å²) in [7, 11) is 2.03. The third kappa shape index (κ3) is 6.67. The Morgan fingerprint density at radius 2 is 1.67 bits per heavy atom. The van der Waals surface area contributed by atoms with E-state index in [0.29, 0.717) is 24.4 Å². The molecule has 0 saturated carbocycles. The summed E-state index contributed by atoms with van der Waals surface area (Å²) in [6.07, 6.45) is -0.544. The fourth-order valence-corrected chi connectivity index (χ4v) is 2.20. The summed E-state index contributed by atoms with van der Waals surface area (Å²) >= 11 is 0. The molecule has 0 aliphatic rings. The zero-order valence-corrected chi connectivity index (χ0v) is 18.1. The highest BCUT2D eigenvalue weighted by molar-refractivity contribution is 6.47. The molecule has 0 bridgehead atoms. The van der Waals surface area contributed by atoms with E-state index in [1.165, 1.54) is 0 Å². The Balaban J connectivity index is 2.97. The van der Waals surface area contributed by atoms with E-state index in [4.69, 9.17) is 19.5 Å². The van der Waals surface area contributed by atoms with Crippen LogP contribution >= 0.6 is 0 Å². The molecule has 1 rings (SSSR count). The van der Waals surface area contributed by atoms with Crippen LogP contribution in [0, 0.1) is 5.41 Å². The van der Waals surface area contributed by atoms with Crippen LogP contribution in [0.1, 0.15) is 61.0 Å². The summed E-state index contributed by atoms with van der Waals surface area (Å²) in [6, 6.07) is 5.49. The molecule has 0 unspecified atom stereocenters. The van der Waals surface area contributed by atoms with Crippen LogP contribution in [-0.4, -0.2) is 43.2 Å². The van der Waals surface area contributed by atoms with E-state index in [1.807, 2.05) is 39.8 Å². The molecule has 7 heteroatoms. The lowest BCUT2D eigenvalue weighted by Gasteiger charge is -2.40. The Morgan fingerprint density at radius 3 is 2.15 bits per heavy atom. The van der Waals surface area contributed by atoms with Crippen molar-refractivity contribution < 1.29 is 18.9 Å². The van der Waals surface area contributed by atoms with Gasteiger partial charge in [-0.2, -0.15) is 0 Å². The van der Waals surface area contributed by atoms with Crippen LogP contribution in [0.25, 0.3) is 0 Å². The molecule has 27 heavy (non-hydrogen) atoms. The number of rotatable bonds is 7. The molecule has 150 valence electrons. The Bertz CT molecular complexity index is 694. The average Bonchev–Trinajstić information content (AvgIpc) is 2.51. The van der Waals surface area contributed by atoms with Gasteiger partial charge in [0.05, 0.1) is 16.9 Å². The van der Waals surface area contributed by atoms with Gasteiger partial charge >= 0.3 is 13.6 Å². The lowest BCUT2D eigenvalue weighted by Crippen LogP contribution is -2.50. The van der Waals surface area contributed by atoms with Crippen molar-refractivity contribution in [3.05, 3.63) is 23.8 Å². The molecule has 0 radical (unpaired) electrons. The number of methoxy groups -OCH3 is 1. The van der Waals surface area contributed by atoms with Crippen molar-refractivity contribution in [3.63, 3.8) is 0 Å². The Labute approximate surface area is 163 Å². The van der Waals surface area contributed by atoms with Crippen LogP contribution in [0.2, 0.25) is 0 Å². The topological polar surface area (TPSA) is 80.6 Å². The zero-order chi connectivity index (χ0) is 21.0. The summed E-state index contributed by atoms with van der Waals surface area (Å²) in [6.45, 7) is 15.0. The van der Waals surface area contributed by atoms with Crippen LogP contribution < -0.4 is 10.8 Å². The highest BCUT2D eigenvalue weighted by Gasteiger charge is 2.37. The Hall–Kier alpha value is -1.86. The van der Waals surface area contributed by atoms with E-state index in [0.717, 1.165) is 5.46 Å². The lowest BCUT2D eigenvalue weighted by atomic mass is 9.81. The average molecular weight is 376 g/mol. The van der Waals surface area contributed by atoms with Crippen LogP contribution in [0.15, 0.2) is 18.2 Å². The highest BCUT2D eigenvalue weighted by Crippen LogP contribution is 2.27. The first kappa shape index (κ1) is 23.2. The SMILES string of the molecule is COC(C)(C)C(C)(C)OBc1ccc(NC(=O)OC(C)(C)C)c(C(C)=N)c1. The van der Waals surface area contributed by atoms with Crippen molar-refractivity contribution in [2.75, 3.05) is 12.4 Å². The molecule has 1 amide bonds. The van der Waals surface area contributed by atoms with Crippen LogP contribution in [0.5, 0.6) is 0 Å². The molecular formula is C20H33BN2O4. The maximum Gasteiger partial charge on any atom is 0.412 e. The number of ether oxygens (including phenoxy) is 2. The van der Waals surface area contributed by atoms with Crippen LogP contribution in [0.4, 0.5) is 10.5 Å². The quantitative estimate of drug-likeness (QED) is 0.563. The van der Waals surface area contributed by atoms with E-state index in [2.05, 4.69) is 5.32 Å². The first-order valence-corrected chi connectivity index (χ1v) is 9.06. The van der Waals surface area contributed by atoms with Gasteiger partial charge in [-0.05, 0) is 61.5 Å². The normalized spacial score (nSPS) is 12.5. The number of anilines is 1. The van der Waals surface area contributed by atoms with Crippen molar-refractivity contribution in [2.45, 2.75) is 72.2 Å². The summed E-state index contributed by atoms with van der Waals surface area (Å²) in [5.41, 5.74) is 0.881. The smallest absolute Gasteiger partial charge is 0.412 e. The van der Waals surface area contributed by atoms with Crippen LogP contribution in [-0.2, 0) is 14.1 Å². The van der Waals surface area contributed by atoms with Gasteiger partial charge < -0.3 is 19.5 Å². The molecule has 0 aliphatic carbocycles. The van der Waals surface area contributed by atoms with Gasteiger partial charge in [-0.1, -0.05) is 17.6 Å². The molecule has 0 saturated heterocycles. The third-order valence-corrected chi connectivity index (χ3v) is 4.68. The minimum absolute atomic E-state index is 0.347. The second-order valence-electron chi connectivity index (χ2n) is 8.65. The van der Waals surface area contributed by atoms with Crippen molar-refractivity contribution in [1.82, 2.24) is 0 Å².